The van der Waals surface area contributed by atoms with Crippen LogP contribution in [0.15, 0.2) is 53.3 Å². The quantitative estimate of drug-likeness (QED) is 0.343. The number of rotatable bonds is 7. The maximum Gasteiger partial charge on any atom is 0.236 e. The Hall–Kier alpha value is -2.46. The number of hydrogen-bond acceptors (Lipinski definition) is 7. The van der Waals surface area contributed by atoms with Crippen LogP contribution in [-0.4, -0.2) is 36.4 Å². The van der Waals surface area contributed by atoms with Crippen LogP contribution in [0.3, 0.4) is 0 Å². The lowest BCUT2D eigenvalue weighted by Gasteiger charge is -2.07. The Morgan fingerprint density at radius 3 is 2.68 bits per heavy atom. The molecule has 0 atom stereocenters. The Labute approximate surface area is 196 Å². The van der Waals surface area contributed by atoms with E-state index in [1.165, 1.54) is 23.1 Å². The molecular weight excluding hydrogens is 475 g/mol. The number of nitrogens with one attached hydrogen (secondary N) is 1. The van der Waals surface area contributed by atoms with Gasteiger partial charge in [0.2, 0.25) is 5.91 Å². The lowest BCUT2D eigenvalue weighted by molar-refractivity contribution is -0.113. The van der Waals surface area contributed by atoms with E-state index in [0.717, 1.165) is 22.6 Å². The normalized spacial score (nSPS) is 10.9. The molecule has 158 valence electrons. The van der Waals surface area contributed by atoms with Crippen molar-refractivity contribution >= 4 is 57.3 Å². The molecule has 0 bridgehead atoms. The van der Waals surface area contributed by atoms with E-state index in [0.29, 0.717) is 26.9 Å². The lowest BCUT2D eigenvalue weighted by atomic mass is 10.2. The Morgan fingerprint density at radius 1 is 1.13 bits per heavy atom. The number of anilines is 1. The van der Waals surface area contributed by atoms with Gasteiger partial charge in [-0.05, 0) is 31.2 Å². The van der Waals surface area contributed by atoms with Gasteiger partial charge < -0.3 is 9.88 Å². The minimum absolute atomic E-state index is 0.170. The lowest BCUT2D eigenvalue weighted by Crippen LogP contribution is -2.14. The number of carbonyl (C=O) groups is 1. The van der Waals surface area contributed by atoms with Gasteiger partial charge in [-0.2, -0.15) is 0 Å². The highest BCUT2D eigenvalue weighted by atomic mass is 35.5. The SMILES string of the molecule is CCn1c(SCC(=O)Nc2nc(-c3ccc(Cl)c(Cl)c3)cs2)nnc1-c1ccncc1. The number of aromatic nitrogens is 5. The van der Waals surface area contributed by atoms with Crippen molar-refractivity contribution in [3.63, 3.8) is 0 Å². The van der Waals surface area contributed by atoms with E-state index < -0.39 is 0 Å². The number of halogens is 2. The zero-order valence-corrected chi connectivity index (χ0v) is 19.4. The maximum absolute atomic E-state index is 12.4. The van der Waals surface area contributed by atoms with Crippen LogP contribution in [-0.2, 0) is 11.3 Å². The van der Waals surface area contributed by atoms with Crippen molar-refractivity contribution in [3.05, 3.63) is 58.2 Å². The Kier molecular flexibility index (Phi) is 6.86. The van der Waals surface area contributed by atoms with Crippen molar-refractivity contribution < 1.29 is 4.79 Å². The van der Waals surface area contributed by atoms with Gasteiger partial charge in [-0.25, -0.2) is 4.98 Å². The average molecular weight is 491 g/mol. The summed E-state index contributed by atoms with van der Waals surface area (Å²) in [6.45, 7) is 2.70. The minimum Gasteiger partial charge on any atom is -0.302 e. The number of amides is 1. The molecule has 4 rings (SSSR count). The van der Waals surface area contributed by atoms with Crippen molar-refractivity contribution in [2.75, 3.05) is 11.1 Å². The topological polar surface area (TPSA) is 85.6 Å². The first-order valence-corrected chi connectivity index (χ1v) is 11.8. The van der Waals surface area contributed by atoms with Gasteiger partial charge in [-0.1, -0.05) is 41.0 Å². The fourth-order valence-electron chi connectivity index (χ4n) is 2.80. The van der Waals surface area contributed by atoms with Gasteiger partial charge in [0.15, 0.2) is 16.1 Å². The number of thioether (sulfide) groups is 1. The zero-order chi connectivity index (χ0) is 21.8. The van der Waals surface area contributed by atoms with Gasteiger partial charge in [0.1, 0.15) is 0 Å². The van der Waals surface area contributed by atoms with Crippen molar-refractivity contribution in [1.29, 1.82) is 0 Å². The Morgan fingerprint density at radius 2 is 1.94 bits per heavy atom. The van der Waals surface area contributed by atoms with Crippen LogP contribution in [0, 0.1) is 0 Å². The molecule has 0 radical (unpaired) electrons. The Balaban J connectivity index is 1.40. The van der Waals surface area contributed by atoms with Gasteiger partial charge in [0.05, 0.1) is 21.5 Å². The molecule has 7 nitrogen and oxygen atoms in total. The van der Waals surface area contributed by atoms with Crippen molar-refractivity contribution in [2.45, 2.75) is 18.6 Å². The van der Waals surface area contributed by atoms with E-state index in [1.807, 2.05) is 35.1 Å². The summed E-state index contributed by atoms with van der Waals surface area (Å²) in [7, 11) is 0. The summed E-state index contributed by atoms with van der Waals surface area (Å²) in [6.07, 6.45) is 3.43. The van der Waals surface area contributed by atoms with E-state index in [1.54, 1.807) is 24.5 Å². The summed E-state index contributed by atoms with van der Waals surface area (Å²) in [4.78, 5) is 20.9. The summed E-state index contributed by atoms with van der Waals surface area (Å²) < 4.78 is 1.97. The maximum atomic E-state index is 12.4. The third-order valence-electron chi connectivity index (χ3n) is 4.27. The second-order valence-corrected chi connectivity index (χ2v) is 8.90. The van der Waals surface area contributed by atoms with Crippen LogP contribution in [0.25, 0.3) is 22.6 Å². The zero-order valence-electron chi connectivity index (χ0n) is 16.2. The average Bonchev–Trinajstić information content (AvgIpc) is 3.41. The van der Waals surface area contributed by atoms with Gasteiger partial charge in [-0.15, -0.1) is 21.5 Å². The van der Waals surface area contributed by atoms with Crippen LogP contribution < -0.4 is 5.32 Å². The molecule has 3 aromatic heterocycles. The van der Waals surface area contributed by atoms with Gasteiger partial charge in [0, 0.05) is 35.4 Å². The highest BCUT2D eigenvalue weighted by Crippen LogP contribution is 2.30. The van der Waals surface area contributed by atoms with E-state index >= 15 is 0 Å². The van der Waals surface area contributed by atoms with Crippen LogP contribution >= 0.6 is 46.3 Å². The molecule has 1 N–H and O–H groups in total. The molecule has 3 heterocycles. The van der Waals surface area contributed by atoms with E-state index in [4.69, 9.17) is 23.2 Å². The number of hydrogen-bond donors (Lipinski definition) is 1. The predicted octanol–water partition coefficient (Wildman–Crippen LogP) is 5.52. The fourth-order valence-corrected chi connectivity index (χ4v) is 4.64. The van der Waals surface area contributed by atoms with Gasteiger partial charge in [0.25, 0.3) is 0 Å². The van der Waals surface area contributed by atoms with Crippen LogP contribution in [0.2, 0.25) is 10.0 Å². The number of benzene rings is 1. The summed E-state index contributed by atoms with van der Waals surface area (Å²) in [5.41, 5.74) is 2.48. The third kappa shape index (κ3) is 5.07. The third-order valence-corrected chi connectivity index (χ3v) is 6.73. The molecular formula is C20H16Cl2N6OS2. The summed E-state index contributed by atoms with van der Waals surface area (Å²) in [5, 5.41) is 15.3. The van der Waals surface area contributed by atoms with E-state index in [9.17, 15) is 4.79 Å². The smallest absolute Gasteiger partial charge is 0.236 e. The molecule has 0 unspecified atom stereocenters. The fraction of sp³-hybridized carbons (Fsp3) is 0.150. The highest BCUT2D eigenvalue weighted by molar-refractivity contribution is 7.99. The molecule has 1 amide bonds. The number of nitrogens with zero attached hydrogens (tertiary/aromatic N) is 5. The first-order valence-electron chi connectivity index (χ1n) is 9.22. The molecule has 0 saturated carbocycles. The number of thiazole rings is 1. The summed E-state index contributed by atoms with van der Waals surface area (Å²) in [5.74, 6) is 0.769. The first-order chi connectivity index (χ1) is 15.0. The van der Waals surface area contributed by atoms with Crippen molar-refractivity contribution in [3.8, 4) is 22.6 Å². The molecule has 0 aliphatic carbocycles. The Bertz CT molecular complexity index is 1210. The van der Waals surface area contributed by atoms with Gasteiger partial charge >= 0.3 is 0 Å². The van der Waals surface area contributed by atoms with E-state index in [2.05, 4.69) is 25.5 Å². The highest BCUT2D eigenvalue weighted by Gasteiger charge is 2.15. The summed E-state index contributed by atoms with van der Waals surface area (Å²) in [6, 6.07) is 9.06. The molecule has 0 fully saturated rings. The second-order valence-electron chi connectivity index (χ2n) is 6.29. The molecule has 31 heavy (non-hydrogen) atoms. The predicted molar refractivity (Wildman–Crippen MR) is 126 cm³/mol. The second kappa shape index (κ2) is 9.78. The van der Waals surface area contributed by atoms with Crippen LogP contribution in [0.1, 0.15) is 6.92 Å². The first kappa shape index (κ1) is 21.8. The molecule has 11 heteroatoms. The van der Waals surface area contributed by atoms with Crippen molar-refractivity contribution in [2.24, 2.45) is 0 Å². The molecule has 0 aliphatic heterocycles. The standard InChI is InChI=1S/C20H16Cl2N6OS2/c1-2-28-18(12-5-7-23-8-6-12)26-27-20(28)31-11-17(29)25-19-24-16(10-30-19)13-3-4-14(21)15(22)9-13/h3-10H,2,11H2,1H3,(H,24,25,29). The molecule has 0 spiro atoms. The van der Waals surface area contributed by atoms with E-state index in [-0.39, 0.29) is 11.7 Å². The monoisotopic (exact) mass is 490 g/mol. The minimum atomic E-state index is -0.170. The molecule has 1 aromatic carbocycles. The molecule has 0 saturated heterocycles. The van der Waals surface area contributed by atoms with Gasteiger partial charge in [-0.3, -0.25) is 9.78 Å². The molecule has 0 aliphatic rings. The van der Waals surface area contributed by atoms with Crippen molar-refractivity contribution in [1.82, 2.24) is 24.7 Å². The summed E-state index contributed by atoms with van der Waals surface area (Å²) >= 11 is 14.7. The number of carbonyl (C=O) groups excluding carboxylic acids is 1. The molecule has 4 aromatic rings. The number of pyridine rings is 1. The largest absolute Gasteiger partial charge is 0.302 e. The van der Waals surface area contributed by atoms with Crippen LogP contribution in [0.4, 0.5) is 5.13 Å². The van der Waals surface area contributed by atoms with Crippen LogP contribution in [0.5, 0.6) is 0 Å².